The van der Waals surface area contributed by atoms with Gasteiger partial charge in [0.15, 0.2) is 5.76 Å². The molecule has 0 radical (unpaired) electrons. The molecule has 1 heterocycles. The fourth-order valence-corrected chi connectivity index (χ4v) is 2.46. The van der Waals surface area contributed by atoms with Crippen molar-refractivity contribution in [2.45, 2.75) is 20.1 Å². The minimum absolute atomic E-state index is 0.297. The minimum atomic E-state index is 0.297. The lowest BCUT2D eigenvalue weighted by molar-refractivity contribution is 0.176. The van der Waals surface area contributed by atoms with E-state index in [0.717, 1.165) is 28.3 Å². The summed E-state index contributed by atoms with van der Waals surface area (Å²) in [6.45, 7) is 2.69. The SMILES string of the molecule is COCc1nc(-c2ccc(OC)cc2)oc1COc1cccc(C)c1. The summed E-state index contributed by atoms with van der Waals surface area (Å²) in [7, 11) is 3.27. The van der Waals surface area contributed by atoms with Crippen LogP contribution in [-0.2, 0) is 18.0 Å². The summed E-state index contributed by atoms with van der Waals surface area (Å²) < 4.78 is 22.2. The van der Waals surface area contributed by atoms with Crippen LogP contribution in [0.3, 0.4) is 0 Å². The average molecular weight is 339 g/mol. The highest BCUT2D eigenvalue weighted by molar-refractivity contribution is 5.55. The van der Waals surface area contributed by atoms with Crippen molar-refractivity contribution < 1.29 is 18.6 Å². The fraction of sp³-hybridized carbons (Fsp3) is 0.250. The van der Waals surface area contributed by atoms with Crippen molar-refractivity contribution in [2.24, 2.45) is 0 Å². The summed E-state index contributed by atoms with van der Waals surface area (Å²) in [6.07, 6.45) is 0. The number of hydrogen-bond donors (Lipinski definition) is 0. The number of benzene rings is 2. The molecule has 3 rings (SSSR count). The van der Waals surface area contributed by atoms with Crippen LogP contribution in [0.1, 0.15) is 17.0 Å². The Labute approximate surface area is 147 Å². The lowest BCUT2D eigenvalue weighted by Crippen LogP contribution is -1.99. The summed E-state index contributed by atoms with van der Waals surface area (Å²) in [4.78, 5) is 4.54. The van der Waals surface area contributed by atoms with Gasteiger partial charge in [-0.3, -0.25) is 0 Å². The van der Waals surface area contributed by atoms with Gasteiger partial charge in [-0.05, 0) is 48.9 Å². The summed E-state index contributed by atoms with van der Waals surface area (Å²) >= 11 is 0. The van der Waals surface area contributed by atoms with E-state index in [1.54, 1.807) is 14.2 Å². The molecule has 0 fully saturated rings. The second-order valence-electron chi connectivity index (χ2n) is 5.66. The van der Waals surface area contributed by atoms with E-state index in [4.69, 9.17) is 18.6 Å². The van der Waals surface area contributed by atoms with E-state index in [0.29, 0.717) is 24.9 Å². The molecule has 0 unspecified atom stereocenters. The highest BCUT2D eigenvalue weighted by atomic mass is 16.5. The maximum absolute atomic E-state index is 5.92. The van der Waals surface area contributed by atoms with Gasteiger partial charge in [0, 0.05) is 12.7 Å². The smallest absolute Gasteiger partial charge is 0.226 e. The van der Waals surface area contributed by atoms with Gasteiger partial charge in [-0.15, -0.1) is 0 Å². The second kappa shape index (κ2) is 7.85. The largest absolute Gasteiger partial charge is 0.497 e. The summed E-state index contributed by atoms with van der Waals surface area (Å²) in [6, 6.07) is 15.5. The molecule has 0 atom stereocenters. The molecule has 0 bridgehead atoms. The molecule has 0 aliphatic carbocycles. The molecular formula is C20H21NO4. The van der Waals surface area contributed by atoms with Crippen molar-refractivity contribution in [1.82, 2.24) is 4.98 Å². The maximum atomic E-state index is 5.92. The van der Waals surface area contributed by atoms with Crippen LogP contribution in [-0.4, -0.2) is 19.2 Å². The van der Waals surface area contributed by atoms with Gasteiger partial charge in [-0.25, -0.2) is 4.98 Å². The normalized spacial score (nSPS) is 10.7. The molecule has 1 aromatic heterocycles. The Kier molecular flexibility index (Phi) is 5.36. The molecule has 0 aliphatic heterocycles. The number of rotatable bonds is 7. The zero-order chi connectivity index (χ0) is 17.6. The Hall–Kier alpha value is -2.79. The van der Waals surface area contributed by atoms with Crippen molar-refractivity contribution in [2.75, 3.05) is 14.2 Å². The van der Waals surface area contributed by atoms with Crippen LogP contribution in [0.5, 0.6) is 11.5 Å². The van der Waals surface area contributed by atoms with Gasteiger partial charge in [0.05, 0.1) is 13.7 Å². The first-order valence-corrected chi connectivity index (χ1v) is 8.01. The van der Waals surface area contributed by atoms with E-state index in [-0.39, 0.29) is 0 Å². The number of oxazole rings is 1. The highest BCUT2D eigenvalue weighted by Crippen LogP contribution is 2.26. The van der Waals surface area contributed by atoms with Gasteiger partial charge in [0.2, 0.25) is 5.89 Å². The van der Waals surface area contributed by atoms with Crippen LogP contribution >= 0.6 is 0 Å². The molecule has 130 valence electrons. The number of aryl methyl sites for hydroxylation is 1. The second-order valence-corrected chi connectivity index (χ2v) is 5.66. The van der Waals surface area contributed by atoms with Crippen molar-refractivity contribution >= 4 is 0 Å². The number of methoxy groups -OCH3 is 2. The van der Waals surface area contributed by atoms with Crippen LogP contribution in [0.4, 0.5) is 0 Å². The lowest BCUT2D eigenvalue weighted by atomic mass is 10.2. The summed E-state index contributed by atoms with van der Waals surface area (Å²) in [5.41, 5.74) is 2.76. The molecule has 5 nitrogen and oxygen atoms in total. The molecular weight excluding hydrogens is 318 g/mol. The lowest BCUT2D eigenvalue weighted by Gasteiger charge is -2.06. The summed E-state index contributed by atoms with van der Waals surface area (Å²) in [5, 5.41) is 0. The van der Waals surface area contributed by atoms with Crippen molar-refractivity contribution in [3.63, 3.8) is 0 Å². The third-order valence-corrected chi connectivity index (χ3v) is 3.76. The highest BCUT2D eigenvalue weighted by Gasteiger charge is 2.15. The van der Waals surface area contributed by atoms with E-state index < -0.39 is 0 Å². The van der Waals surface area contributed by atoms with Gasteiger partial charge < -0.3 is 18.6 Å². The van der Waals surface area contributed by atoms with Gasteiger partial charge in [-0.2, -0.15) is 0 Å². The van der Waals surface area contributed by atoms with Gasteiger partial charge in [0.25, 0.3) is 0 Å². The average Bonchev–Trinajstić information content (AvgIpc) is 3.03. The number of nitrogens with zero attached hydrogens (tertiary/aromatic N) is 1. The quantitative estimate of drug-likeness (QED) is 0.639. The van der Waals surface area contributed by atoms with Crippen molar-refractivity contribution in [3.05, 3.63) is 65.5 Å². The molecule has 0 N–H and O–H groups in total. The third kappa shape index (κ3) is 4.19. The zero-order valence-corrected chi connectivity index (χ0v) is 14.6. The molecule has 0 amide bonds. The standard InChI is InChI=1S/C20H21NO4/c1-14-5-4-6-17(11-14)24-13-19-18(12-22-2)21-20(25-19)15-7-9-16(23-3)10-8-15/h4-11H,12-13H2,1-3H3. The topological polar surface area (TPSA) is 53.7 Å². The van der Waals surface area contributed by atoms with E-state index in [1.807, 2.05) is 55.5 Å². The molecule has 5 heteroatoms. The van der Waals surface area contributed by atoms with E-state index in [2.05, 4.69) is 4.98 Å². The van der Waals surface area contributed by atoms with Gasteiger partial charge in [0.1, 0.15) is 23.8 Å². The van der Waals surface area contributed by atoms with Crippen LogP contribution in [0.15, 0.2) is 52.9 Å². The number of hydrogen-bond acceptors (Lipinski definition) is 5. The Morgan fingerprint density at radius 1 is 0.960 bits per heavy atom. The van der Waals surface area contributed by atoms with Gasteiger partial charge in [-0.1, -0.05) is 12.1 Å². The molecule has 0 saturated heterocycles. The molecule has 25 heavy (non-hydrogen) atoms. The van der Waals surface area contributed by atoms with Crippen LogP contribution in [0.25, 0.3) is 11.5 Å². The number of ether oxygens (including phenoxy) is 3. The molecule has 0 saturated carbocycles. The molecule has 3 aromatic rings. The predicted molar refractivity (Wildman–Crippen MR) is 94.7 cm³/mol. The molecule has 0 aliphatic rings. The maximum Gasteiger partial charge on any atom is 0.226 e. The van der Waals surface area contributed by atoms with E-state index in [1.165, 1.54) is 0 Å². The first-order chi connectivity index (χ1) is 12.2. The number of aromatic nitrogens is 1. The van der Waals surface area contributed by atoms with Crippen LogP contribution < -0.4 is 9.47 Å². The Morgan fingerprint density at radius 3 is 2.44 bits per heavy atom. The van der Waals surface area contributed by atoms with E-state index >= 15 is 0 Å². The molecule has 0 spiro atoms. The van der Waals surface area contributed by atoms with Crippen molar-refractivity contribution in [1.29, 1.82) is 0 Å². The Bertz CT molecular complexity index is 824. The minimum Gasteiger partial charge on any atom is -0.497 e. The van der Waals surface area contributed by atoms with Crippen LogP contribution in [0, 0.1) is 6.92 Å². The predicted octanol–water partition coefficient (Wildman–Crippen LogP) is 4.38. The van der Waals surface area contributed by atoms with Crippen molar-refractivity contribution in [3.8, 4) is 23.0 Å². The Morgan fingerprint density at radius 2 is 1.76 bits per heavy atom. The van der Waals surface area contributed by atoms with Gasteiger partial charge >= 0.3 is 0 Å². The zero-order valence-electron chi connectivity index (χ0n) is 14.6. The fourth-order valence-electron chi connectivity index (χ4n) is 2.46. The monoisotopic (exact) mass is 339 g/mol. The van der Waals surface area contributed by atoms with Crippen LogP contribution in [0.2, 0.25) is 0 Å². The molecule has 2 aromatic carbocycles. The first kappa shape index (κ1) is 17.0. The Balaban J connectivity index is 1.81. The third-order valence-electron chi connectivity index (χ3n) is 3.76. The first-order valence-electron chi connectivity index (χ1n) is 8.01. The van der Waals surface area contributed by atoms with E-state index in [9.17, 15) is 0 Å². The summed E-state index contributed by atoms with van der Waals surface area (Å²) in [5.74, 6) is 2.79.